The average molecular weight is 266 g/mol. The van der Waals surface area contributed by atoms with Gasteiger partial charge >= 0.3 is 5.97 Å². The lowest BCUT2D eigenvalue weighted by Crippen LogP contribution is -2.04. The van der Waals surface area contributed by atoms with Gasteiger partial charge in [-0.1, -0.05) is 6.92 Å². The Bertz CT molecular complexity index is 623. The maximum absolute atomic E-state index is 13.6. The van der Waals surface area contributed by atoms with Crippen LogP contribution in [-0.2, 0) is 11.2 Å². The van der Waals surface area contributed by atoms with Gasteiger partial charge in [-0.05, 0) is 18.6 Å². The molecule has 1 N–H and O–H groups in total. The Hall–Kier alpha value is -2.24. The number of esters is 1. The van der Waals surface area contributed by atoms with Crippen molar-refractivity contribution in [2.75, 3.05) is 7.11 Å². The third-order valence-corrected chi connectivity index (χ3v) is 2.70. The first-order chi connectivity index (χ1) is 9.06. The number of nitrogens with zero attached hydrogens (tertiary/aromatic N) is 1. The van der Waals surface area contributed by atoms with Crippen LogP contribution in [0, 0.1) is 11.6 Å². The van der Waals surface area contributed by atoms with Gasteiger partial charge in [-0.15, -0.1) is 0 Å². The Balaban J connectivity index is 2.51. The molecule has 0 spiro atoms. The Morgan fingerprint density at radius 1 is 1.42 bits per heavy atom. The molecule has 100 valence electrons. The van der Waals surface area contributed by atoms with E-state index in [9.17, 15) is 13.6 Å². The van der Waals surface area contributed by atoms with E-state index in [1.807, 2.05) is 6.92 Å². The Labute approximate surface area is 108 Å². The number of methoxy groups -OCH3 is 1. The molecule has 2 aromatic rings. The number of carbonyl (C=O) groups excluding carboxylic acids is 1. The van der Waals surface area contributed by atoms with Crippen molar-refractivity contribution in [3.8, 4) is 11.4 Å². The average Bonchev–Trinajstić information content (AvgIpc) is 2.81. The van der Waals surface area contributed by atoms with Crippen molar-refractivity contribution in [3.63, 3.8) is 0 Å². The summed E-state index contributed by atoms with van der Waals surface area (Å²) in [6, 6.07) is 3.16. The number of ether oxygens (including phenoxy) is 1. The van der Waals surface area contributed by atoms with Crippen LogP contribution in [0.25, 0.3) is 11.4 Å². The van der Waals surface area contributed by atoms with Crippen molar-refractivity contribution < 1.29 is 18.3 Å². The molecular formula is C13H12F2N2O2. The van der Waals surface area contributed by atoms with Gasteiger partial charge in [-0.25, -0.2) is 18.6 Å². The highest BCUT2D eigenvalue weighted by molar-refractivity contribution is 5.89. The molecule has 0 radical (unpaired) electrons. The summed E-state index contributed by atoms with van der Waals surface area (Å²) in [5.74, 6) is -1.83. The highest BCUT2D eigenvalue weighted by Crippen LogP contribution is 2.22. The molecule has 0 saturated heterocycles. The van der Waals surface area contributed by atoms with Crippen molar-refractivity contribution in [2.24, 2.45) is 0 Å². The van der Waals surface area contributed by atoms with Crippen molar-refractivity contribution in [1.29, 1.82) is 0 Å². The molecule has 0 saturated carbocycles. The largest absolute Gasteiger partial charge is 0.464 e. The van der Waals surface area contributed by atoms with E-state index in [2.05, 4.69) is 14.7 Å². The van der Waals surface area contributed by atoms with E-state index < -0.39 is 17.6 Å². The molecule has 1 heterocycles. The molecule has 0 bridgehead atoms. The van der Waals surface area contributed by atoms with Crippen LogP contribution >= 0.6 is 0 Å². The first-order valence-corrected chi connectivity index (χ1v) is 5.69. The number of benzene rings is 1. The number of aryl methyl sites for hydroxylation is 1. The smallest absolute Gasteiger partial charge is 0.358 e. The quantitative estimate of drug-likeness (QED) is 0.869. The summed E-state index contributed by atoms with van der Waals surface area (Å²) in [6.07, 6.45) is 0.514. The Kier molecular flexibility index (Phi) is 3.59. The second-order valence-corrected chi connectivity index (χ2v) is 3.88. The van der Waals surface area contributed by atoms with Crippen molar-refractivity contribution in [3.05, 3.63) is 41.2 Å². The maximum Gasteiger partial charge on any atom is 0.358 e. The third-order valence-electron chi connectivity index (χ3n) is 2.70. The number of imidazole rings is 1. The predicted molar refractivity (Wildman–Crippen MR) is 64.7 cm³/mol. The number of aromatic nitrogens is 2. The van der Waals surface area contributed by atoms with E-state index >= 15 is 0 Å². The molecule has 0 unspecified atom stereocenters. The monoisotopic (exact) mass is 266 g/mol. The summed E-state index contributed by atoms with van der Waals surface area (Å²) in [7, 11) is 1.24. The topological polar surface area (TPSA) is 55.0 Å². The Morgan fingerprint density at radius 3 is 2.74 bits per heavy atom. The second kappa shape index (κ2) is 5.17. The zero-order valence-electron chi connectivity index (χ0n) is 10.5. The molecule has 0 atom stereocenters. The number of nitrogens with one attached hydrogen (secondary N) is 1. The van der Waals surface area contributed by atoms with Gasteiger partial charge in [-0.3, -0.25) is 0 Å². The van der Waals surface area contributed by atoms with E-state index in [4.69, 9.17) is 0 Å². The van der Waals surface area contributed by atoms with E-state index in [0.717, 1.165) is 12.1 Å². The van der Waals surface area contributed by atoms with Gasteiger partial charge in [-0.2, -0.15) is 0 Å². The first-order valence-electron chi connectivity index (χ1n) is 5.69. The molecule has 1 aromatic heterocycles. The minimum atomic E-state index is -0.743. The highest BCUT2D eigenvalue weighted by Gasteiger charge is 2.19. The standard InChI is InChI=1S/C13H12F2N2O2/c1-3-10-11(13(18)19-2)17-12(16-10)8-5-4-7(14)6-9(8)15/h4-6H,3H2,1-2H3,(H,16,17). The van der Waals surface area contributed by atoms with E-state index in [1.54, 1.807) is 0 Å². The molecule has 0 fully saturated rings. The van der Waals surface area contributed by atoms with Crippen molar-refractivity contribution >= 4 is 5.97 Å². The van der Waals surface area contributed by atoms with Crippen LogP contribution in [0.5, 0.6) is 0 Å². The third kappa shape index (κ3) is 2.47. The van der Waals surface area contributed by atoms with Crippen LogP contribution in [0.2, 0.25) is 0 Å². The van der Waals surface area contributed by atoms with E-state index in [1.165, 1.54) is 13.2 Å². The summed E-state index contributed by atoms with van der Waals surface area (Å²) in [4.78, 5) is 18.4. The number of carbonyl (C=O) groups is 1. The van der Waals surface area contributed by atoms with Gasteiger partial charge in [0.25, 0.3) is 0 Å². The van der Waals surface area contributed by atoms with Gasteiger partial charge in [0.1, 0.15) is 17.5 Å². The minimum absolute atomic E-state index is 0.103. The summed E-state index contributed by atoms with van der Waals surface area (Å²) in [5, 5.41) is 0. The lowest BCUT2D eigenvalue weighted by Gasteiger charge is -1.98. The van der Waals surface area contributed by atoms with Gasteiger partial charge in [0, 0.05) is 11.8 Å². The number of halogens is 2. The number of aromatic amines is 1. The zero-order valence-corrected chi connectivity index (χ0v) is 10.5. The van der Waals surface area contributed by atoms with Crippen LogP contribution < -0.4 is 0 Å². The summed E-state index contributed by atoms with van der Waals surface area (Å²) in [6.45, 7) is 1.82. The number of hydrogen-bond acceptors (Lipinski definition) is 3. The van der Waals surface area contributed by atoms with Crippen LogP contribution in [0.1, 0.15) is 23.1 Å². The minimum Gasteiger partial charge on any atom is -0.464 e. The summed E-state index contributed by atoms with van der Waals surface area (Å²) < 4.78 is 31.1. The van der Waals surface area contributed by atoms with E-state index in [-0.39, 0.29) is 17.1 Å². The number of rotatable bonds is 3. The van der Waals surface area contributed by atoms with Gasteiger partial charge in [0.2, 0.25) is 0 Å². The van der Waals surface area contributed by atoms with Crippen LogP contribution in [0.3, 0.4) is 0 Å². The molecule has 0 aliphatic rings. The van der Waals surface area contributed by atoms with Crippen molar-refractivity contribution in [1.82, 2.24) is 9.97 Å². The number of H-pyrrole nitrogens is 1. The molecule has 1 aromatic carbocycles. The molecule has 6 heteroatoms. The fourth-order valence-corrected chi connectivity index (χ4v) is 1.74. The van der Waals surface area contributed by atoms with E-state index in [0.29, 0.717) is 12.1 Å². The second-order valence-electron chi connectivity index (χ2n) is 3.88. The molecule has 0 amide bonds. The fourth-order valence-electron chi connectivity index (χ4n) is 1.74. The first kappa shape index (κ1) is 13.2. The number of hydrogen-bond donors (Lipinski definition) is 1. The lowest BCUT2D eigenvalue weighted by molar-refractivity contribution is 0.0593. The molecular weight excluding hydrogens is 254 g/mol. The SMILES string of the molecule is CCc1[nH]c(-c2ccc(F)cc2F)nc1C(=O)OC. The normalized spacial score (nSPS) is 10.5. The summed E-state index contributed by atoms with van der Waals surface area (Å²) in [5.41, 5.74) is 0.764. The summed E-state index contributed by atoms with van der Waals surface area (Å²) >= 11 is 0. The fraction of sp³-hybridized carbons (Fsp3) is 0.231. The predicted octanol–water partition coefficient (Wildman–Crippen LogP) is 2.70. The van der Waals surface area contributed by atoms with Crippen LogP contribution in [-0.4, -0.2) is 23.0 Å². The maximum atomic E-state index is 13.6. The Morgan fingerprint density at radius 2 is 2.16 bits per heavy atom. The van der Waals surface area contributed by atoms with Gasteiger partial charge in [0.15, 0.2) is 5.69 Å². The van der Waals surface area contributed by atoms with Crippen molar-refractivity contribution in [2.45, 2.75) is 13.3 Å². The molecule has 0 aliphatic heterocycles. The lowest BCUT2D eigenvalue weighted by atomic mass is 10.2. The molecule has 19 heavy (non-hydrogen) atoms. The van der Waals surface area contributed by atoms with Gasteiger partial charge < -0.3 is 9.72 Å². The zero-order chi connectivity index (χ0) is 14.0. The highest BCUT2D eigenvalue weighted by atomic mass is 19.1. The van der Waals surface area contributed by atoms with Crippen LogP contribution in [0.15, 0.2) is 18.2 Å². The molecule has 4 nitrogen and oxygen atoms in total. The molecule has 0 aliphatic carbocycles. The molecule has 2 rings (SSSR count). The van der Waals surface area contributed by atoms with Gasteiger partial charge in [0.05, 0.1) is 12.7 Å². The van der Waals surface area contributed by atoms with Crippen LogP contribution in [0.4, 0.5) is 8.78 Å².